The van der Waals surface area contributed by atoms with E-state index in [-0.39, 0.29) is 0 Å². The van der Waals surface area contributed by atoms with Gasteiger partial charge in [-0.3, -0.25) is 0 Å². The summed E-state index contributed by atoms with van der Waals surface area (Å²) in [7, 11) is 0. The lowest BCUT2D eigenvalue weighted by atomic mass is 9.97. The third-order valence-corrected chi connectivity index (χ3v) is 3.96. The molecule has 1 N–H and O–H groups in total. The van der Waals surface area contributed by atoms with E-state index in [9.17, 15) is 0 Å². The molecule has 2 unspecified atom stereocenters. The molecule has 0 amide bonds. The zero-order valence-electron chi connectivity index (χ0n) is 13.4. The van der Waals surface area contributed by atoms with Crippen LogP contribution in [0.3, 0.4) is 0 Å². The number of benzene rings is 1. The van der Waals surface area contributed by atoms with Crippen molar-refractivity contribution in [3.8, 4) is 5.69 Å². The first kappa shape index (κ1) is 15.8. The SMILES string of the molecule is CCCNC(CC(C)CC)c1ccn(-c2ccccc2)n1. The van der Waals surface area contributed by atoms with Gasteiger partial charge in [0, 0.05) is 6.20 Å². The molecule has 3 heteroatoms. The van der Waals surface area contributed by atoms with Crippen LogP contribution in [0.15, 0.2) is 42.6 Å². The van der Waals surface area contributed by atoms with Crippen LogP contribution in [0.25, 0.3) is 5.69 Å². The molecule has 0 aliphatic carbocycles. The van der Waals surface area contributed by atoms with Crippen molar-refractivity contribution in [1.82, 2.24) is 15.1 Å². The Bertz CT molecular complexity index is 518. The number of nitrogens with zero attached hydrogens (tertiary/aromatic N) is 2. The first-order valence-corrected chi connectivity index (χ1v) is 8.09. The fourth-order valence-corrected chi connectivity index (χ4v) is 2.44. The quantitative estimate of drug-likeness (QED) is 0.781. The van der Waals surface area contributed by atoms with Crippen molar-refractivity contribution >= 4 is 0 Å². The van der Waals surface area contributed by atoms with Crippen LogP contribution in [0.2, 0.25) is 0 Å². The molecular formula is C18H27N3. The van der Waals surface area contributed by atoms with Gasteiger partial charge < -0.3 is 5.32 Å². The minimum atomic E-state index is 0.352. The van der Waals surface area contributed by atoms with Crippen LogP contribution in [-0.2, 0) is 0 Å². The third-order valence-electron chi connectivity index (χ3n) is 3.96. The molecule has 0 radical (unpaired) electrons. The fraction of sp³-hybridized carbons (Fsp3) is 0.500. The number of aromatic nitrogens is 2. The molecule has 3 nitrogen and oxygen atoms in total. The van der Waals surface area contributed by atoms with Gasteiger partial charge in [0.1, 0.15) is 0 Å². The van der Waals surface area contributed by atoms with Crippen molar-refractivity contribution < 1.29 is 0 Å². The second-order valence-electron chi connectivity index (χ2n) is 5.78. The number of rotatable bonds is 8. The number of hydrogen-bond acceptors (Lipinski definition) is 2. The van der Waals surface area contributed by atoms with Crippen molar-refractivity contribution in [2.75, 3.05) is 6.54 Å². The van der Waals surface area contributed by atoms with Gasteiger partial charge in [0.25, 0.3) is 0 Å². The molecule has 2 aromatic rings. The van der Waals surface area contributed by atoms with E-state index in [0.29, 0.717) is 12.0 Å². The normalized spacial score (nSPS) is 14.0. The van der Waals surface area contributed by atoms with Gasteiger partial charge >= 0.3 is 0 Å². The molecule has 114 valence electrons. The Morgan fingerprint density at radius 2 is 1.90 bits per heavy atom. The van der Waals surface area contributed by atoms with E-state index in [1.54, 1.807) is 0 Å². The lowest BCUT2D eigenvalue weighted by molar-refractivity contribution is 0.395. The van der Waals surface area contributed by atoms with Crippen LogP contribution in [0.1, 0.15) is 51.8 Å². The summed E-state index contributed by atoms with van der Waals surface area (Å²) in [4.78, 5) is 0. The van der Waals surface area contributed by atoms with E-state index < -0.39 is 0 Å². The molecule has 0 bridgehead atoms. The molecule has 1 heterocycles. The molecule has 0 saturated heterocycles. The Kier molecular flexibility index (Phi) is 6.00. The largest absolute Gasteiger partial charge is 0.309 e. The van der Waals surface area contributed by atoms with E-state index >= 15 is 0 Å². The predicted molar refractivity (Wildman–Crippen MR) is 88.7 cm³/mol. The highest BCUT2D eigenvalue weighted by Gasteiger charge is 2.16. The Labute approximate surface area is 128 Å². The van der Waals surface area contributed by atoms with Gasteiger partial charge in [-0.25, -0.2) is 4.68 Å². The summed E-state index contributed by atoms with van der Waals surface area (Å²) in [5.41, 5.74) is 2.26. The van der Waals surface area contributed by atoms with Gasteiger partial charge in [-0.15, -0.1) is 0 Å². The van der Waals surface area contributed by atoms with Crippen LogP contribution in [0.4, 0.5) is 0 Å². The highest BCUT2D eigenvalue weighted by atomic mass is 15.3. The summed E-state index contributed by atoms with van der Waals surface area (Å²) in [5, 5.41) is 8.42. The standard InChI is InChI=1S/C18H27N3/c1-4-12-19-18(14-15(3)5-2)17-11-13-21(20-17)16-9-7-6-8-10-16/h6-11,13,15,18-19H,4-5,12,14H2,1-3H3. The Morgan fingerprint density at radius 3 is 2.57 bits per heavy atom. The molecule has 2 rings (SSSR count). The molecule has 21 heavy (non-hydrogen) atoms. The van der Waals surface area contributed by atoms with E-state index in [4.69, 9.17) is 5.10 Å². The van der Waals surface area contributed by atoms with E-state index in [0.717, 1.165) is 30.8 Å². The zero-order chi connectivity index (χ0) is 15.1. The maximum Gasteiger partial charge on any atom is 0.0798 e. The molecule has 0 fully saturated rings. The van der Waals surface area contributed by atoms with Gasteiger partial charge in [0.05, 0.1) is 17.4 Å². The van der Waals surface area contributed by atoms with Crippen molar-refractivity contribution in [3.05, 3.63) is 48.3 Å². The van der Waals surface area contributed by atoms with Crippen molar-refractivity contribution in [1.29, 1.82) is 0 Å². The van der Waals surface area contributed by atoms with E-state index in [2.05, 4.69) is 50.5 Å². The highest BCUT2D eigenvalue weighted by Crippen LogP contribution is 2.22. The van der Waals surface area contributed by atoms with Crippen LogP contribution in [-0.4, -0.2) is 16.3 Å². The number of hydrogen-bond donors (Lipinski definition) is 1. The minimum Gasteiger partial charge on any atom is -0.309 e. The monoisotopic (exact) mass is 285 g/mol. The van der Waals surface area contributed by atoms with E-state index in [1.165, 1.54) is 6.42 Å². The molecule has 0 spiro atoms. The molecular weight excluding hydrogens is 258 g/mol. The van der Waals surface area contributed by atoms with Crippen molar-refractivity contribution in [2.24, 2.45) is 5.92 Å². The van der Waals surface area contributed by atoms with Gasteiger partial charge in [-0.05, 0) is 43.5 Å². The van der Waals surface area contributed by atoms with Crippen molar-refractivity contribution in [2.45, 2.75) is 46.1 Å². The van der Waals surface area contributed by atoms with Crippen LogP contribution >= 0.6 is 0 Å². The minimum absolute atomic E-state index is 0.352. The molecule has 1 aromatic heterocycles. The zero-order valence-corrected chi connectivity index (χ0v) is 13.4. The number of para-hydroxylation sites is 1. The average molecular weight is 285 g/mol. The Hall–Kier alpha value is -1.61. The molecule has 0 aliphatic heterocycles. The molecule has 1 aromatic carbocycles. The fourth-order valence-electron chi connectivity index (χ4n) is 2.44. The topological polar surface area (TPSA) is 29.9 Å². The lowest BCUT2D eigenvalue weighted by Crippen LogP contribution is -2.24. The lowest BCUT2D eigenvalue weighted by Gasteiger charge is -2.20. The van der Waals surface area contributed by atoms with Crippen LogP contribution < -0.4 is 5.32 Å². The molecule has 0 saturated carbocycles. The highest BCUT2D eigenvalue weighted by molar-refractivity contribution is 5.30. The molecule has 0 aliphatic rings. The first-order chi connectivity index (χ1) is 10.2. The summed E-state index contributed by atoms with van der Waals surface area (Å²) < 4.78 is 1.96. The maximum absolute atomic E-state index is 4.78. The smallest absolute Gasteiger partial charge is 0.0798 e. The van der Waals surface area contributed by atoms with Crippen LogP contribution in [0.5, 0.6) is 0 Å². The first-order valence-electron chi connectivity index (χ1n) is 8.09. The summed E-state index contributed by atoms with van der Waals surface area (Å²) in [6.07, 6.45) is 5.56. The maximum atomic E-state index is 4.78. The van der Waals surface area contributed by atoms with Gasteiger partial charge in [0.2, 0.25) is 0 Å². The van der Waals surface area contributed by atoms with Gasteiger partial charge in [-0.2, -0.15) is 5.10 Å². The molecule has 2 atom stereocenters. The second-order valence-corrected chi connectivity index (χ2v) is 5.78. The summed E-state index contributed by atoms with van der Waals surface area (Å²) in [6, 6.07) is 12.8. The van der Waals surface area contributed by atoms with Crippen molar-refractivity contribution in [3.63, 3.8) is 0 Å². The Morgan fingerprint density at radius 1 is 1.14 bits per heavy atom. The summed E-state index contributed by atoms with van der Waals surface area (Å²) in [6.45, 7) is 7.81. The predicted octanol–water partition coefficient (Wildman–Crippen LogP) is 4.35. The van der Waals surface area contributed by atoms with Gasteiger partial charge in [-0.1, -0.05) is 45.4 Å². The van der Waals surface area contributed by atoms with Crippen LogP contribution in [0, 0.1) is 5.92 Å². The average Bonchev–Trinajstić information content (AvgIpc) is 3.02. The number of nitrogens with one attached hydrogen (secondary N) is 1. The summed E-state index contributed by atoms with van der Waals surface area (Å²) in [5.74, 6) is 0.709. The third kappa shape index (κ3) is 4.43. The van der Waals surface area contributed by atoms with E-state index in [1.807, 2.05) is 22.9 Å². The second kappa shape index (κ2) is 7.99. The van der Waals surface area contributed by atoms with Gasteiger partial charge in [0.15, 0.2) is 0 Å². The summed E-state index contributed by atoms with van der Waals surface area (Å²) >= 11 is 0. The Balaban J connectivity index is 2.14.